The molecule has 3 rings (SSSR count). The molecule has 0 heterocycles. The molecule has 4 nitrogen and oxygen atoms in total. The summed E-state index contributed by atoms with van der Waals surface area (Å²) >= 11 is 0. The van der Waals surface area contributed by atoms with Crippen LogP contribution in [0.15, 0.2) is 29.2 Å². The summed E-state index contributed by atoms with van der Waals surface area (Å²) in [5.74, 6) is 0.730. The van der Waals surface area contributed by atoms with E-state index in [9.17, 15) is 13.5 Å². The molecule has 2 aliphatic carbocycles. The fourth-order valence-electron chi connectivity index (χ4n) is 3.56. The molecule has 1 N–H and O–H groups in total. The Kier molecular flexibility index (Phi) is 3.60. The SMILES string of the molecule is Cc1ccc(S(=O)(=O)OC[C@H]2[C@H]3CC[C@@H](C3)[C@H]2O)cc1. The minimum absolute atomic E-state index is 0.0334. The maximum Gasteiger partial charge on any atom is 0.296 e. The zero-order chi connectivity index (χ0) is 14.3. The topological polar surface area (TPSA) is 63.6 Å². The first-order valence-electron chi connectivity index (χ1n) is 7.11. The summed E-state index contributed by atoms with van der Waals surface area (Å²) in [6, 6.07) is 6.62. The third-order valence-electron chi connectivity index (χ3n) is 4.77. The number of hydrogen-bond acceptors (Lipinski definition) is 4. The van der Waals surface area contributed by atoms with E-state index >= 15 is 0 Å². The zero-order valence-electron chi connectivity index (χ0n) is 11.5. The Morgan fingerprint density at radius 3 is 2.45 bits per heavy atom. The van der Waals surface area contributed by atoms with Crippen LogP contribution >= 0.6 is 0 Å². The number of aliphatic hydroxyl groups is 1. The Hall–Kier alpha value is -0.910. The van der Waals surface area contributed by atoms with E-state index < -0.39 is 16.2 Å². The summed E-state index contributed by atoms with van der Waals surface area (Å²) in [5, 5.41) is 10.1. The van der Waals surface area contributed by atoms with Gasteiger partial charge in [-0.3, -0.25) is 4.18 Å². The average Bonchev–Trinajstić information content (AvgIpc) is 2.98. The highest BCUT2D eigenvalue weighted by Crippen LogP contribution is 2.48. The lowest BCUT2D eigenvalue weighted by Crippen LogP contribution is -2.31. The van der Waals surface area contributed by atoms with Crippen LogP contribution in [0.25, 0.3) is 0 Å². The van der Waals surface area contributed by atoms with Crippen LogP contribution < -0.4 is 0 Å². The smallest absolute Gasteiger partial charge is 0.296 e. The van der Waals surface area contributed by atoms with E-state index in [-0.39, 0.29) is 17.4 Å². The van der Waals surface area contributed by atoms with Crippen molar-refractivity contribution in [1.82, 2.24) is 0 Å². The summed E-state index contributed by atoms with van der Waals surface area (Å²) < 4.78 is 29.4. The van der Waals surface area contributed by atoms with E-state index in [0.717, 1.165) is 24.8 Å². The molecule has 2 fully saturated rings. The van der Waals surface area contributed by atoms with Crippen LogP contribution in [0.3, 0.4) is 0 Å². The summed E-state index contributed by atoms with van der Waals surface area (Å²) in [6.45, 7) is 2.00. The lowest BCUT2D eigenvalue weighted by atomic mass is 9.87. The standard InChI is InChI=1S/C15H20O4S/c1-10-2-6-13(7-3-10)20(17,18)19-9-14-11-4-5-12(8-11)15(14)16/h2-3,6-7,11-12,14-16H,4-5,8-9H2,1H3/t11-,12-,14-,15+/m0/s1. The van der Waals surface area contributed by atoms with Crippen molar-refractivity contribution in [3.8, 4) is 0 Å². The van der Waals surface area contributed by atoms with Crippen molar-refractivity contribution in [1.29, 1.82) is 0 Å². The summed E-state index contributed by atoms with van der Waals surface area (Å²) in [4.78, 5) is 0.181. The third-order valence-corrected chi connectivity index (χ3v) is 6.06. The molecular formula is C15H20O4S. The first-order chi connectivity index (χ1) is 9.47. The molecule has 20 heavy (non-hydrogen) atoms. The van der Waals surface area contributed by atoms with E-state index in [0.29, 0.717) is 11.8 Å². The Labute approximate surface area is 119 Å². The lowest BCUT2D eigenvalue weighted by molar-refractivity contribution is 0.0350. The van der Waals surface area contributed by atoms with Gasteiger partial charge in [0.25, 0.3) is 10.1 Å². The molecule has 110 valence electrons. The second-order valence-electron chi connectivity index (χ2n) is 6.04. The second-order valence-corrected chi connectivity index (χ2v) is 7.65. The molecule has 4 atom stereocenters. The lowest BCUT2D eigenvalue weighted by Gasteiger charge is -2.26. The molecule has 0 amide bonds. The van der Waals surface area contributed by atoms with Crippen LogP contribution in [0.2, 0.25) is 0 Å². The summed E-state index contributed by atoms with van der Waals surface area (Å²) in [6.07, 6.45) is 2.76. The fraction of sp³-hybridized carbons (Fsp3) is 0.600. The molecule has 1 aromatic carbocycles. The first-order valence-corrected chi connectivity index (χ1v) is 8.52. The molecule has 0 aliphatic heterocycles. The van der Waals surface area contributed by atoms with Gasteiger partial charge in [-0.1, -0.05) is 17.7 Å². The van der Waals surface area contributed by atoms with Gasteiger partial charge in [-0.2, -0.15) is 8.42 Å². The molecule has 0 radical (unpaired) electrons. The molecule has 1 aromatic rings. The molecule has 0 aromatic heterocycles. The van der Waals surface area contributed by atoms with Crippen molar-refractivity contribution in [2.24, 2.45) is 17.8 Å². The van der Waals surface area contributed by atoms with Gasteiger partial charge in [0.15, 0.2) is 0 Å². The van der Waals surface area contributed by atoms with Gasteiger partial charge in [0.05, 0.1) is 17.6 Å². The average molecular weight is 296 g/mol. The van der Waals surface area contributed by atoms with Gasteiger partial charge in [-0.05, 0) is 50.2 Å². The van der Waals surface area contributed by atoms with Gasteiger partial charge in [-0.25, -0.2) is 0 Å². The van der Waals surface area contributed by atoms with E-state index in [4.69, 9.17) is 4.18 Å². The van der Waals surface area contributed by atoms with Crippen molar-refractivity contribution < 1.29 is 17.7 Å². The molecule has 0 saturated heterocycles. The molecular weight excluding hydrogens is 276 g/mol. The quantitative estimate of drug-likeness (QED) is 0.864. The van der Waals surface area contributed by atoms with Crippen molar-refractivity contribution >= 4 is 10.1 Å². The number of aliphatic hydroxyl groups excluding tert-OH is 1. The van der Waals surface area contributed by atoms with Crippen LogP contribution in [0, 0.1) is 24.7 Å². The van der Waals surface area contributed by atoms with E-state index in [1.165, 1.54) is 0 Å². The Bertz CT molecular complexity index is 576. The van der Waals surface area contributed by atoms with Crippen LogP contribution in [0.4, 0.5) is 0 Å². The molecule has 2 saturated carbocycles. The van der Waals surface area contributed by atoms with Crippen molar-refractivity contribution in [3.63, 3.8) is 0 Å². The number of hydrogen-bond donors (Lipinski definition) is 1. The van der Waals surface area contributed by atoms with Crippen LogP contribution in [-0.2, 0) is 14.3 Å². The highest BCUT2D eigenvalue weighted by molar-refractivity contribution is 7.86. The minimum Gasteiger partial charge on any atom is -0.392 e. The molecule has 2 bridgehead atoms. The maximum absolute atomic E-state index is 12.1. The predicted molar refractivity (Wildman–Crippen MR) is 74.6 cm³/mol. The van der Waals surface area contributed by atoms with E-state index in [2.05, 4.69) is 0 Å². The number of fused-ring (bicyclic) bond motifs is 2. The van der Waals surface area contributed by atoms with Gasteiger partial charge in [0.1, 0.15) is 0 Å². The highest BCUT2D eigenvalue weighted by atomic mass is 32.2. The number of aryl methyl sites for hydroxylation is 1. The van der Waals surface area contributed by atoms with E-state index in [1.54, 1.807) is 24.3 Å². The van der Waals surface area contributed by atoms with Crippen molar-refractivity contribution in [2.75, 3.05) is 6.61 Å². The minimum atomic E-state index is -3.72. The maximum atomic E-state index is 12.1. The predicted octanol–water partition coefficient (Wildman–Crippen LogP) is 2.11. The first kappa shape index (κ1) is 14.0. The van der Waals surface area contributed by atoms with Gasteiger partial charge in [0.2, 0.25) is 0 Å². The Morgan fingerprint density at radius 2 is 1.85 bits per heavy atom. The molecule has 0 unspecified atom stereocenters. The van der Waals surface area contributed by atoms with Crippen molar-refractivity contribution in [3.05, 3.63) is 29.8 Å². The van der Waals surface area contributed by atoms with Crippen LogP contribution in [0.1, 0.15) is 24.8 Å². The van der Waals surface area contributed by atoms with Gasteiger partial charge >= 0.3 is 0 Å². The van der Waals surface area contributed by atoms with Gasteiger partial charge < -0.3 is 5.11 Å². The molecule has 0 spiro atoms. The second kappa shape index (κ2) is 5.13. The number of benzene rings is 1. The Balaban J connectivity index is 1.67. The fourth-order valence-corrected chi connectivity index (χ4v) is 4.50. The van der Waals surface area contributed by atoms with E-state index in [1.807, 2.05) is 6.92 Å². The summed E-state index contributed by atoms with van der Waals surface area (Å²) in [5.41, 5.74) is 1.01. The highest BCUT2D eigenvalue weighted by Gasteiger charge is 2.47. The van der Waals surface area contributed by atoms with Crippen LogP contribution in [0.5, 0.6) is 0 Å². The monoisotopic (exact) mass is 296 g/mol. The molecule has 2 aliphatic rings. The summed E-state index contributed by atoms with van der Waals surface area (Å²) in [7, 11) is -3.72. The van der Waals surface area contributed by atoms with Crippen molar-refractivity contribution in [2.45, 2.75) is 37.2 Å². The normalized spacial score (nSPS) is 32.7. The molecule has 5 heteroatoms. The van der Waals surface area contributed by atoms with Crippen LogP contribution in [-0.4, -0.2) is 26.2 Å². The van der Waals surface area contributed by atoms with Gasteiger partial charge in [-0.15, -0.1) is 0 Å². The Morgan fingerprint density at radius 1 is 1.20 bits per heavy atom. The number of rotatable bonds is 4. The largest absolute Gasteiger partial charge is 0.392 e. The zero-order valence-corrected chi connectivity index (χ0v) is 12.3. The third kappa shape index (κ3) is 2.50. The van der Waals surface area contributed by atoms with Gasteiger partial charge in [0, 0.05) is 5.92 Å².